The molecule has 5 heteroatoms. The summed E-state index contributed by atoms with van der Waals surface area (Å²) in [5.41, 5.74) is 1.92. The van der Waals surface area contributed by atoms with Gasteiger partial charge in [-0.1, -0.05) is 6.07 Å². The van der Waals surface area contributed by atoms with E-state index in [0.717, 1.165) is 43.2 Å². The van der Waals surface area contributed by atoms with Crippen molar-refractivity contribution in [3.63, 3.8) is 0 Å². The number of amides is 1. The molecule has 21 heavy (non-hydrogen) atoms. The molecule has 2 unspecified atom stereocenters. The van der Waals surface area contributed by atoms with Gasteiger partial charge in [0.1, 0.15) is 5.75 Å². The van der Waals surface area contributed by atoms with Crippen molar-refractivity contribution < 1.29 is 14.3 Å². The smallest absolute Gasteiger partial charge is 0.262 e. The van der Waals surface area contributed by atoms with E-state index in [-0.39, 0.29) is 18.6 Å². The molecule has 1 saturated heterocycles. The summed E-state index contributed by atoms with van der Waals surface area (Å²) in [5.74, 6) is 1.34. The summed E-state index contributed by atoms with van der Waals surface area (Å²) in [6.07, 6.45) is 2.33. The number of nitrogens with one attached hydrogen (secondary N) is 2. The number of benzene rings is 1. The molecule has 2 heterocycles. The summed E-state index contributed by atoms with van der Waals surface area (Å²) < 4.78 is 10.8. The minimum Gasteiger partial charge on any atom is -0.482 e. The number of anilines is 1. The summed E-state index contributed by atoms with van der Waals surface area (Å²) in [4.78, 5) is 11.4. The summed E-state index contributed by atoms with van der Waals surface area (Å²) >= 11 is 0. The van der Waals surface area contributed by atoms with E-state index >= 15 is 0 Å². The third kappa shape index (κ3) is 3.54. The Morgan fingerprint density at radius 3 is 3.19 bits per heavy atom. The van der Waals surface area contributed by atoms with Gasteiger partial charge >= 0.3 is 0 Å². The SMILES string of the molecule is CC(NCCC1CCOC1)c1ccc2c(c1)NC(=O)CO2. The molecule has 0 spiro atoms. The van der Waals surface area contributed by atoms with Crippen molar-refractivity contribution in [1.29, 1.82) is 0 Å². The minimum atomic E-state index is -0.0958. The first-order chi connectivity index (χ1) is 10.2. The van der Waals surface area contributed by atoms with E-state index in [0.29, 0.717) is 5.92 Å². The molecule has 1 fully saturated rings. The van der Waals surface area contributed by atoms with E-state index in [1.165, 1.54) is 6.42 Å². The second-order valence-electron chi connectivity index (χ2n) is 5.79. The second-order valence-corrected chi connectivity index (χ2v) is 5.79. The summed E-state index contributed by atoms with van der Waals surface area (Å²) in [5, 5.41) is 6.38. The number of hydrogen-bond acceptors (Lipinski definition) is 4. The van der Waals surface area contributed by atoms with Crippen molar-refractivity contribution in [2.75, 3.05) is 31.7 Å². The third-order valence-electron chi connectivity index (χ3n) is 4.16. The molecular formula is C16H22N2O3. The van der Waals surface area contributed by atoms with Crippen LogP contribution in [-0.2, 0) is 9.53 Å². The Kier molecular flexibility index (Phi) is 4.41. The van der Waals surface area contributed by atoms with Gasteiger partial charge < -0.3 is 20.1 Å². The van der Waals surface area contributed by atoms with Gasteiger partial charge in [-0.05, 0) is 49.9 Å². The molecule has 2 aliphatic rings. The normalized spacial score (nSPS) is 22.3. The average Bonchev–Trinajstić information content (AvgIpc) is 2.99. The molecular weight excluding hydrogens is 268 g/mol. The van der Waals surface area contributed by atoms with Crippen LogP contribution in [0.1, 0.15) is 31.4 Å². The maximum atomic E-state index is 11.4. The number of fused-ring (bicyclic) bond motifs is 1. The zero-order valence-electron chi connectivity index (χ0n) is 12.4. The van der Waals surface area contributed by atoms with Crippen molar-refractivity contribution in [1.82, 2.24) is 5.32 Å². The highest BCUT2D eigenvalue weighted by molar-refractivity contribution is 5.95. The molecule has 114 valence electrons. The van der Waals surface area contributed by atoms with Gasteiger partial charge in [0.2, 0.25) is 0 Å². The molecule has 2 atom stereocenters. The van der Waals surface area contributed by atoms with Crippen LogP contribution in [0.3, 0.4) is 0 Å². The van der Waals surface area contributed by atoms with Gasteiger partial charge in [-0.2, -0.15) is 0 Å². The van der Waals surface area contributed by atoms with E-state index < -0.39 is 0 Å². The number of carbonyl (C=O) groups is 1. The maximum Gasteiger partial charge on any atom is 0.262 e. The lowest BCUT2D eigenvalue weighted by Crippen LogP contribution is -2.26. The summed E-state index contributed by atoms with van der Waals surface area (Å²) in [7, 11) is 0. The molecule has 2 aliphatic heterocycles. The predicted octanol–water partition coefficient (Wildman–Crippen LogP) is 2.09. The van der Waals surface area contributed by atoms with Gasteiger partial charge in [0.15, 0.2) is 6.61 Å². The van der Waals surface area contributed by atoms with Crippen molar-refractivity contribution in [2.24, 2.45) is 5.92 Å². The van der Waals surface area contributed by atoms with Gasteiger partial charge in [-0.25, -0.2) is 0 Å². The monoisotopic (exact) mass is 290 g/mol. The standard InChI is InChI=1S/C16H22N2O3/c1-11(17-6-4-12-5-7-20-9-12)13-2-3-15-14(8-13)18-16(19)10-21-15/h2-3,8,11-12,17H,4-7,9-10H2,1H3,(H,18,19). The van der Waals surface area contributed by atoms with Crippen molar-refractivity contribution in [2.45, 2.75) is 25.8 Å². The molecule has 0 radical (unpaired) electrons. The Bertz CT molecular complexity index is 512. The quantitative estimate of drug-likeness (QED) is 0.872. The molecule has 3 rings (SSSR count). The lowest BCUT2D eigenvalue weighted by Gasteiger charge is -2.21. The van der Waals surface area contributed by atoms with Crippen molar-refractivity contribution in [3.05, 3.63) is 23.8 Å². The highest BCUT2D eigenvalue weighted by Crippen LogP contribution is 2.30. The fourth-order valence-corrected chi connectivity index (χ4v) is 2.80. The Morgan fingerprint density at radius 2 is 2.38 bits per heavy atom. The summed E-state index contributed by atoms with van der Waals surface area (Å²) in [6, 6.07) is 6.21. The second kappa shape index (κ2) is 6.45. The Hall–Kier alpha value is -1.59. The van der Waals surface area contributed by atoms with E-state index in [4.69, 9.17) is 9.47 Å². The fourth-order valence-electron chi connectivity index (χ4n) is 2.80. The molecule has 1 aromatic carbocycles. The van der Waals surface area contributed by atoms with Crippen LogP contribution in [0.15, 0.2) is 18.2 Å². The first kappa shape index (κ1) is 14.4. The first-order valence-electron chi connectivity index (χ1n) is 7.60. The van der Waals surface area contributed by atoms with Crippen LogP contribution in [-0.4, -0.2) is 32.3 Å². The molecule has 2 N–H and O–H groups in total. The molecule has 0 bridgehead atoms. The van der Waals surface area contributed by atoms with Crippen molar-refractivity contribution >= 4 is 11.6 Å². The number of ether oxygens (including phenoxy) is 2. The van der Waals surface area contributed by atoms with Crippen LogP contribution in [0, 0.1) is 5.92 Å². The van der Waals surface area contributed by atoms with E-state index in [1.807, 2.05) is 18.2 Å². The topological polar surface area (TPSA) is 59.6 Å². The van der Waals surface area contributed by atoms with Crippen molar-refractivity contribution in [3.8, 4) is 5.75 Å². The Labute approximate surface area is 125 Å². The van der Waals surface area contributed by atoms with Crippen LogP contribution >= 0.6 is 0 Å². The maximum absolute atomic E-state index is 11.4. The van der Waals surface area contributed by atoms with Gasteiger partial charge in [-0.15, -0.1) is 0 Å². The molecule has 0 saturated carbocycles. The molecule has 5 nitrogen and oxygen atoms in total. The van der Waals surface area contributed by atoms with Gasteiger partial charge in [0.05, 0.1) is 5.69 Å². The molecule has 1 amide bonds. The fraction of sp³-hybridized carbons (Fsp3) is 0.562. The molecule has 0 aromatic heterocycles. The molecule has 1 aromatic rings. The van der Waals surface area contributed by atoms with Crippen LogP contribution in [0.25, 0.3) is 0 Å². The lowest BCUT2D eigenvalue weighted by molar-refractivity contribution is -0.118. The largest absolute Gasteiger partial charge is 0.482 e. The zero-order chi connectivity index (χ0) is 14.7. The number of carbonyl (C=O) groups excluding carboxylic acids is 1. The number of hydrogen-bond donors (Lipinski definition) is 2. The zero-order valence-corrected chi connectivity index (χ0v) is 12.4. The Balaban J connectivity index is 1.55. The first-order valence-corrected chi connectivity index (χ1v) is 7.60. The highest BCUT2D eigenvalue weighted by Gasteiger charge is 2.18. The van der Waals surface area contributed by atoms with E-state index in [2.05, 4.69) is 17.6 Å². The lowest BCUT2D eigenvalue weighted by atomic mass is 10.0. The van der Waals surface area contributed by atoms with Gasteiger partial charge in [-0.3, -0.25) is 4.79 Å². The molecule has 0 aliphatic carbocycles. The van der Waals surface area contributed by atoms with Crippen LogP contribution < -0.4 is 15.4 Å². The van der Waals surface area contributed by atoms with Gasteiger partial charge in [0.25, 0.3) is 5.91 Å². The predicted molar refractivity (Wildman–Crippen MR) is 80.5 cm³/mol. The van der Waals surface area contributed by atoms with E-state index in [9.17, 15) is 4.79 Å². The van der Waals surface area contributed by atoms with E-state index in [1.54, 1.807) is 0 Å². The van der Waals surface area contributed by atoms with Crippen LogP contribution in [0.2, 0.25) is 0 Å². The number of rotatable bonds is 5. The third-order valence-corrected chi connectivity index (χ3v) is 4.16. The summed E-state index contributed by atoms with van der Waals surface area (Å²) in [6.45, 7) is 5.03. The minimum absolute atomic E-state index is 0.0958. The van der Waals surface area contributed by atoms with Gasteiger partial charge in [0, 0.05) is 19.3 Å². The van der Waals surface area contributed by atoms with Crippen LogP contribution in [0.5, 0.6) is 5.75 Å². The van der Waals surface area contributed by atoms with Crippen LogP contribution in [0.4, 0.5) is 5.69 Å². The Morgan fingerprint density at radius 1 is 1.48 bits per heavy atom. The highest BCUT2D eigenvalue weighted by atomic mass is 16.5. The average molecular weight is 290 g/mol.